The minimum atomic E-state index is -3.05. The number of hydrogen-bond donors (Lipinski definition) is 0. The summed E-state index contributed by atoms with van der Waals surface area (Å²) in [6.45, 7) is 0. The van der Waals surface area contributed by atoms with Gasteiger partial charge in [0, 0.05) is 43.7 Å². The molecule has 14 rings (SSSR count). The molecule has 70 heavy (non-hydrogen) atoms. The number of hydrogen-bond acceptors (Lipinski definition) is 0. The predicted octanol–water partition coefficient (Wildman–Crippen LogP) is 14.0. The van der Waals surface area contributed by atoms with Crippen LogP contribution >= 0.6 is 0 Å². The first-order valence-electron chi connectivity index (χ1n) is 24.2. The molecule has 11 aromatic carbocycles. The van der Waals surface area contributed by atoms with E-state index in [1.165, 1.54) is 91.9 Å². The highest BCUT2D eigenvalue weighted by Gasteiger charge is 2.42. The Morgan fingerprint density at radius 2 is 0.614 bits per heavy atom. The standard InChI is InChI=1S/C66H45N3Si/c1-5-21-46(22-6-1)47-37-39-48(40-38-47)67-59-33-17-13-31-56(59)57-42-41-49(43-63(57)67)68-62-36-20-16-32-58(62)66-64(68)44-53(45-65(66)69-60-34-18-14-29-54(60)55-30-15-19-35-61(55)69)70(50-23-7-2-8-24-50,51-25-9-3-10-26-51)52-27-11-4-12-28-52/h1-45H. The Bertz CT molecular complexity index is 4110. The number of para-hydroxylation sites is 4. The van der Waals surface area contributed by atoms with Gasteiger partial charge in [0.25, 0.3) is 0 Å². The highest BCUT2D eigenvalue weighted by Crippen LogP contribution is 2.41. The summed E-state index contributed by atoms with van der Waals surface area (Å²) in [5.41, 5.74) is 12.9. The van der Waals surface area contributed by atoms with Crippen molar-refractivity contribution in [3.63, 3.8) is 0 Å². The Kier molecular flexibility index (Phi) is 9.23. The highest BCUT2D eigenvalue weighted by molar-refractivity contribution is 7.20. The maximum absolute atomic E-state index is 3.05. The molecular weight excluding hydrogens is 863 g/mol. The van der Waals surface area contributed by atoms with Crippen molar-refractivity contribution in [1.82, 2.24) is 13.7 Å². The minimum absolute atomic E-state index is 1.11. The van der Waals surface area contributed by atoms with E-state index in [0.717, 1.165) is 22.4 Å². The second-order valence-electron chi connectivity index (χ2n) is 18.4. The van der Waals surface area contributed by atoms with Crippen molar-refractivity contribution in [2.45, 2.75) is 0 Å². The largest absolute Gasteiger partial charge is 0.309 e. The zero-order valence-electron chi connectivity index (χ0n) is 38.3. The highest BCUT2D eigenvalue weighted by atomic mass is 28.3. The Hall–Kier alpha value is -8.96. The van der Waals surface area contributed by atoms with E-state index >= 15 is 0 Å². The maximum Gasteiger partial charge on any atom is 0.179 e. The number of benzene rings is 11. The van der Waals surface area contributed by atoms with Gasteiger partial charge >= 0.3 is 0 Å². The number of nitrogens with zero attached hydrogens (tertiary/aromatic N) is 3. The van der Waals surface area contributed by atoms with Crippen molar-refractivity contribution in [1.29, 1.82) is 0 Å². The monoisotopic (exact) mass is 907 g/mol. The van der Waals surface area contributed by atoms with Gasteiger partial charge in [-0.1, -0.05) is 212 Å². The third-order valence-electron chi connectivity index (χ3n) is 14.8. The molecule has 0 saturated carbocycles. The Balaban J connectivity index is 1.13. The van der Waals surface area contributed by atoms with E-state index in [1.807, 2.05) is 0 Å². The van der Waals surface area contributed by atoms with Crippen LogP contribution in [0.25, 0.3) is 93.6 Å². The SMILES string of the molecule is c1ccc(-c2ccc(-n3c4ccccc4c4ccc(-n5c6ccccc6c6c(-n7c8ccccc8c8ccccc87)cc([Si](c7ccccc7)(c7ccccc7)c7ccccc7)cc65)cc43)cc2)cc1. The summed E-state index contributed by atoms with van der Waals surface area (Å²) in [5, 5.41) is 12.7. The van der Waals surface area contributed by atoms with E-state index in [1.54, 1.807) is 0 Å². The first-order chi connectivity index (χ1) is 34.8. The van der Waals surface area contributed by atoms with Crippen LogP contribution in [0.1, 0.15) is 0 Å². The molecule has 14 aromatic rings. The second kappa shape index (κ2) is 16.1. The molecule has 0 fully saturated rings. The molecule has 0 aliphatic carbocycles. The molecule has 0 atom stereocenters. The summed E-state index contributed by atoms with van der Waals surface area (Å²) < 4.78 is 7.54. The molecule has 0 saturated heterocycles. The van der Waals surface area contributed by atoms with Crippen LogP contribution in [0, 0.1) is 0 Å². The third-order valence-corrected chi connectivity index (χ3v) is 19.5. The van der Waals surface area contributed by atoms with Gasteiger partial charge in [-0.25, -0.2) is 0 Å². The lowest BCUT2D eigenvalue weighted by molar-refractivity contribution is 1.15. The topological polar surface area (TPSA) is 14.8 Å². The van der Waals surface area contributed by atoms with E-state index in [-0.39, 0.29) is 0 Å². The van der Waals surface area contributed by atoms with Gasteiger partial charge in [0.1, 0.15) is 0 Å². The van der Waals surface area contributed by atoms with E-state index < -0.39 is 8.07 Å². The first-order valence-corrected chi connectivity index (χ1v) is 26.2. The molecule has 328 valence electrons. The van der Waals surface area contributed by atoms with Crippen molar-refractivity contribution in [3.8, 4) is 28.2 Å². The Labute approximate surface area is 407 Å². The van der Waals surface area contributed by atoms with Crippen molar-refractivity contribution in [2.75, 3.05) is 0 Å². The molecule has 3 nitrogen and oxygen atoms in total. The van der Waals surface area contributed by atoms with Crippen LogP contribution in [0.15, 0.2) is 273 Å². The Morgan fingerprint density at radius 1 is 0.229 bits per heavy atom. The third kappa shape index (κ3) is 6.00. The molecule has 0 radical (unpaired) electrons. The summed E-state index contributed by atoms with van der Waals surface area (Å²) in [4.78, 5) is 0. The summed E-state index contributed by atoms with van der Waals surface area (Å²) in [7, 11) is -3.05. The fraction of sp³-hybridized carbons (Fsp3) is 0. The lowest BCUT2D eigenvalue weighted by atomic mass is 10.1. The van der Waals surface area contributed by atoms with Crippen LogP contribution < -0.4 is 20.7 Å². The van der Waals surface area contributed by atoms with E-state index in [2.05, 4.69) is 287 Å². The maximum atomic E-state index is 2.57. The van der Waals surface area contributed by atoms with Crippen LogP contribution in [-0.2, 0) is 0 Å². The zero-order valence-corrected chi connectivity index (χ0v) is 39.3. The van der Waals surface area contributed by atoms with Crippen molar-refractivity contribution < 1.29 is 0 Å². The fourth-order valence-electron chi connectivity index (χ4n) is 11.8. The molecule has 0 bridgehead atoms. The lowest BCUT2D eigenvalue weighted by Crippen LogP contribution is -2.74. The molecule has 4 heteroatoms. The molecule has 0 spiro atoms. The number of fused-ring (bicyclic) bond motifs is 9. The van der Waals surface area contributed by atoms with Crippen LogP contribution in [0.4, 0.5) is 0 Å². The van der Waals surface area contributed by atoms with Gasteiger partial charge in [-0.05, 0) is 92.5 Å². The van der Waals surface area contributed by atoms with Gasteiger partial charge in [-0.15, -0.1) is 0 Å². The van der Waals surface area contributed by atoms with E-state index in [9.17, 15) is 0 Å². The van der Waals surface area contributed by atoms with Gasteiger partial charge in [-0.2, -0.15) is 0 Å². The van der Waals surface area contributed by atoms with Gasteiger partial charge in [-0.3, -0.25) is 0 Å². The smallest absolute Gasteiger partial charge is 0.179 e. The van der Waals surface area contributed by atoms with Crippen LogP contribution in [0.2, 0.25) is 0 Å². The van der Waals surface area contributed by atoms with Gasteiger partial charge in [0.05, 0.1) is 38.8 Å². The molecule has 0 amide bonds. The normalized spacial score (nSPS) is 12.0. The van der Waals surface area contributed by atoms with E-state index in [4.69, 9.17) is 0 Å². The zero-order chi connectivity index (χ0) is 46.2. The first kappa shape index (κ1) is 40.1. The van der Waals surface area contributed by atoms with Crippen molar-refractivity contribution in [3.05, 3.63) is 273 Å². The Morgan fingerprint density at radius 3 is 1.14 bits per heavy atom. The van der Waals surface area contributed by atoms with Crippen molar-refractivity contribution >= 4 is 94.2 Å². The fourth-order valence-corrected chi connectivity index (χ4v) is 16.6. The average molecular weight is 908 g/mol. The van der Waals surface area contributed by atoms with Gasteiger partial charge < -0.3 is 13.7 Å². The lowest BCUT2D eigenvalue weighted by Gasteiger charge is -2.35. The summed E-state index contributed by atoms with van der Waals surface area (Å²) >= 11 is 0. The molecular formula is C66H45N3Si. The summed E-state index contributed by atoms with van der Waals surface area (Å²) in [5.74, 6) is 0. The molecule has 0 aliphatic heterocycles. The predicted molar refractivity (Wildman–Crippen MR) is 299 cm³/mol. The van der Waals surface area contributed by atoms with Crippen LogP contribution in [0.3, 0.4) is 0 Å². The minimum Gasteiger partial charge on any atom is -0.309 e. The summed E-state index contributed by atoms with van der Waals surface area (Å²) in [6.07, 6.45) is 0. The number of rotatable bonds is 8. The molecule has 3 aromatic heterocycles. The molecule has 0 N–H and O–H groups in total. The van der Waals surface area contributed by atoms with Gasteiger partial charge in [0.15, 0.2) is 8.07 Å². The van der Waals surface area contributed by atoms with Crippen molar-refractivity contribution in [2.24, 2.45) is 0 Å². The molecule has 0 aliphatic rings. The number of aromatic nitrogens is 3. The van der Waals surface area contributed by atoms with Crippen LogP contribution in [0.5, 0.6) is 0 Å². The quantitative estimate of drug-likeness (QED) is 0.107. The second-order valence-corrected chi connectivity index (χ2v) is 22.2. The summed E-state index contributed by atoms with van der Waals surface area (Å²) in [6, 6.07) is 102. The van der Waals surface area contributed by atoms with Gasteiger partial charge in [0.2, 0.25) is 0 Å². The molecule has 0 unspecified atom stereocenters. The average Bonchev–Trinajstić information content (AvgIpc) is 4.08. The van der Waals surface area contributed by atoms with E-state index in [0.29, 0.717) is 0 Å². The molecule has 3 heterocycles. The van der Waals surface area contributed by atoms with Crippen LogP contribution in [-0.4, -0.2) is 21.8 Å².